The molecule has 31 heavy (non-hydrogen) atoms. The summed E-state index contributed by atoms with van der Waals surface area (Å²) in [6, 6.07) is 26.7. The van der Waals surface area contributed by atoms with Crippen LogP contribution in [0.2, 0.25) is 0 Å². The van der Waals surface area contributed by atoms with Gasteiger partial charge in [0.1, 0.15) is 0 Å². The van der Waals surface area contributed by atoms with E-state index in [0.29, 0.717) is 0 Å². The molecule has 3 heterocycles. The molecule has 0 fully saturated rings. The van der Waals surface area contributed by atoms with E-state index < -0.39 is 0 Å². The summed E-state index contributed by atoms with van der Waals surface area (Å²) in [6.45, 7) is 3.92. The van der Waals surface area contributed by atoms with Crippen LogP contribution in [0, 0.1) is 0 Å². The van der Waals surface area contributed by atoms with Crippen LogP contribution in [-0.4, -0.2) is 17.2 Å². The Morgan fingerprint density at radius 1 is 0.839 bits per heavy atom. The third-order valence-corrected chi connectivity index (χ3v) is 7.76. The third kappa shape index (κ3) is 2.04. The van der Waals surface area contributed by atoms with Crippen molar-refractivity contribution in [2.75, 3.05) is 7.05 Å². The van der Waals surface area contributed by atoms with Crippen LogP contribution in [0.3, 0.4) is 0 Å². The molecule has 0 radical (unpaired) electrons. The van der Waals surface area contributed by atoms with Crippen molar-refractivity contribution in [3.63, 3.8) is 0 Å². The van der Waals surface area contributed by atoms with E-state index in [4.69, 9.17) is 0 Å². The van der Waals surface area contributed by atoms with E-state index in [1.807, 2.05) is 24.5 Å². The van der Waals surface area contributed by atoms with Gasteiger partial charge < -0.3 is 4.40 Å². The van der Waals surface area contributed by atoms with E-state index >= 15 is 0 Å². The minimum Gasteiger partial charge on any atom is -0.308 e. The van der Waals surface area contributed by atoms with Gasteiger partial charge in [0.25, 0.3) is 0 Å². The molecular formula is C28H18N2S. The zero-order valence-electron chi connectivity index (χ0n) is 17.0. The van der Waals surface area contributed by atoms with Crippen molar-refractivity contribution in [3.8, 4) is 0 Å². The van der Waals surface area contributed by atoms with Gasteiger partial charge in [-0.05, 0) is 30.3 Å². The summed E-state index contributed by atoms with van der Waals surface area (Å²) in [6.07, 6.45) is 1.82. The van der Waals surface area contributed by atoms with Gasteiger partial charge in [0.05, 0.1) is 22.3 Å². The number of fused-ring (bicyclic) bond motifs is 10. The number of hydrogen-bond donors (Lipinski definition) is 0. The molecule has 0 aliphatic rings. The van der Waals surface area contributed by atoms with Crippen molar-refractivity contribution in [1.29, 1.82) is 0 Å². The molecule has 3 aromatic heterocycles. The molecule has 7 rings (SSSR count). The fourth-order valence-electron chi connectivity index (χ4n) is 5.24. The fourth-order valence-corrected chi connectivity index (χ4v) is 6.50. The van der Waals surface area contributed by atoms with E-state index in [9.17, 15) is 0 Å². The quantitative estimate of drug-likeness (QED) is 0.257. The smallest absolute Gasteiger partial charge is 0.0637 e. The second-order valence-corrected chi connectivity index (χ2v) is 9.07. The lowest BCUT2D eigenvalue weighted by atomic mass is 10.0. The molecule has 0 saturated carbocycles. The molecule has 0 saturated heterocycles. The fraction of sp³-hybridized carbons (Fsp3) is 0.0357. The molecule has 0 bridgehead atoms. The lowest BCUT2D eigenvalue weighted by molar-refractivity contribution is 1.37. The van der Waals surface area contributed by atoms with Gasteiger partial charge in [0.2, 0.25) is 0 Å². The van der Waals surface area contributed by atoms with Crippen LogP contribution >= 0.6 is 11.3 Å². The van der Waals surface area contributed by atoms with E-state index in [1.165, 1.54) is 58.3 Å². The number of para-hydroxylation sites is 1. The van der Waals surface area contributed by atoms with E-state index in [-0.39, 0.29) is 0 Å². The van der Waals surface area contributed by atoms with Gasteiger partial charge in [0.15, 0.2) is 0 Å². The molecule has 0 spiro atoms. The molecule has 3 heteroatoms. The molecule has 4 aromatic carbocycles. The highest BCUT2D eigenvalue weighted by molar-refractivity contribution is 7.26. The maximum absolute atomic E-state index is 4.39. The van der Waals surface area contributed by atoms with Gasteiger partial charge in [-0.3, -0.25) is 4.99 Å². The average Bonchev–Trinajstić information content (AvgIpc) is 3.46. The number of rotatable bonds is 2. The lowest BCUT2D eigenvalue weighted by Gasteiger charge is -2.03. The van der Waals surface area contributed by atoms with Crippen LogP contribution in [0.25, 0.3) is 58.3 Å². The summed E-state index contributed by atoms with van der Waals surface area (Å²) in [5.74, 6) is 0. The monoisotopic (exact) mass is 414 g/mol. The predicted octanol–water partition coefficient (Wildman–Crippen LogP) is 7.81. The van der Waals surface area contributed by atoms with Crippen LogP contribution in [0.15, 0.2) is 90.4 Å². The van der Waals surface area contributed by atoms with Gasteiger partial charge >= 0.3 is 0 Å². The number of nitrogens with zero attached hydrogens (tertiary/aromatic N) is 2. The Hall–Kier alpha value is -3.69. The number of hydrogen-bond acceptors (Lipinski definition) is 2. The highest BCUT2D eigenvalue weighted by atomic mass is 32.1. The summed E-state index contributed by atoms with van der Waals surface area (Å²) in [7, 11) is 1.82. The van der Waals surface area contributed by atoms with E-state index in [1.54, 1.807) is 0 Å². The molecular weight excluding hydrogens is 396 g/mol. The Kier molecular flexibility index (Phi) is 3.26. The van der Waals surface area contributed by atoms with Gasteiger partial charge in [-0.25, -0.2) is 0 Å². The maximum Gasteiger partial charge on any atom is 0.0637 e. The van der Waals surface area contributed by atoms with Crippen LogP contribution in [0.5, 0.6) is 0 Å². The number of aliphatic imine (C=N–C) groups is 1. The number of aromatic nitrogens is 1. The molecule has 0 atom stereocenters. The van der Waals surface area contributed by atoms with Gasteiger partial charge in [0, 0.05) is 54.3 Å². The summed E-state index contributed by atoms with van der Waals surface area (Å²) < 4.78 is 5.17. The lowest BCUT2D eigenvalue weighted by Crippen LogP contribution is -1.95. The van der Waals surface area contributed by atoms with Crippen LogP contribution in [-0.2, 0) is 0 Å². The van der Waals surface area contributed by atoms with E-state index in [2.05, 4.69) is 88.8 Å². The molecule has 146 valence electrons. The number of allylic oxidation sites excluding steroid dienone is 1. The number of thiophene rings is 1. The molecule has 0 aliphatic carbocycles. The van der Waals surface area contributed by atoms with Crippen molar-refractivity contribution in [2.45, 2.75) is 0 Å². The summed E-state index contributed by atoms with van der Waals surface area (Å²) in [5, 5.41) is 7.95. The molecule has 7 aromatic rings. The Balaban J connectivity index is 1.71. The number of benzene rings is 4. The van der Waals surface area contributed by atoms with Crippen molar-refractivity contribution in [2.24, 2.45) is 4.99 Å². The van der Waals surface area contributed by atoms with Crippen LogP contribution < -0.4 is 0 Å². The first-order chi connectivity index (χ1) is 15.3. The Morgan fingerprint density at radius 3 is 2.52 bits per heavy atom. The second kappa shape index (κ2) is 5.93. The van der Waals surface area contributed by atoms with Crippen LogP contribution in [0.4, 0.5) is 0 Å². The first-order valence-electron chi connectivity index (χ1n) is 10.4. The largest absolute Gasteiger partial charge is 0.308 e. The van der Waals surface area contributed by atoms with Crippen molar-refractivity contribution < 1.29 is 0 Å². The average molecular weight is 415 g/mol. The van der Waals surface area contributed by atoms with Crippen molar-refractivity contribution in [3.05, 3.63) is 91.0 Å². The van der Waals surface area contributed by atoms with Crippen molar-refractivity contribution in [1.82, 2.24) is 4.40 Å². The minimum atomic E-state index is 0.920. The summed E-state index contributed by atoms with van der Waals surface area (Å²) in [4.78, 5) is 4.39. The van der Waals surface area contributed by atoms with Crippen molar-refractivity contribution >= 4 is 75.3 Å². The summed E-state index contributed by atoms with van der Waals surface area (Å²) >= 11 is 1.90. The highest BCUT2D eigenvalue weighted by Gasteiger charge is 2.20. The molecule has 0 unspecified atom stereocenters. The Labute approximate surface area is 182 Å². The Morgan fingerprint density at radius 2 is 1.65 bits per heavy atom. The second-order valence-electron chi connectivity index (χ2n) is 8.02. The zero-order chi connectivity index (χ0) is 20.7. The molecule has 2 nitrogen and oxygen atoms in total. The molecule has 0 amide bonds. The Bertz CT molecular complexity index is 1860. The zero-order valence-corrected chi connectivity index (χ0v) is 17.8. The first-order valence-corrected chi connectivity index (χ1v) is 11.2. The first kappa shape index (κ1) is 17.0. The minimum absolute atomic E-state index is 0.920. The third-order valence-electron chi connectivity index (χ3n) is 6.55. The highest BCUT2D eigenvalue weighted by Crippen LogP contribution is 2.45. The maximum atomic E-state index is 4.39. The van der Waals surface area contributed by atoms with Gasteiger partial charge in [-0.1, -0.05) is 55.1 Å². The SMILES string of the molecule is C=CC(=NC)c1ccc2c(c1)c1cccc3c4c5sc6ccccc6c5ccc4n2c13. The topological polar surface area (TPSA) is 16.8 Å². The molecule has 0 aliphatic heterocycles. The predicted molar refractivity (Wildman–Crippen MR) is 137 cm³/mol. The standard InChI is InChI=1S/C28H18N2S/c1-3-22(29-2)16-11-13-23-21(15-16)18-8-6-9-20-26-24(30(23)27(18)20)14-12-19-17-7-4-5-10-25(17)31-28(19)26/h3-15H,1H2,2H3. The molecule has 0 N–H and O–H groups in total. The van der Waals surface area contributed by atoms with Gasteiger partial charge in [-0.2, -0.15) is 0 Å². The van der Waals surface area contributed by atoms with Gasteiger partial charge in [-0.15, -0.1) is 11.3 Å². The summed E-state index contributed by atoms with van der Waals surface area (Å²) in [5.41, 5.74) is 5.85. The van der Waals surface area contributed by atoms with E-state index in [0.717, 1.165) is 11.3 Å². The van der Waals surface area contributed by atoms with Crippen LogP contribution in [0.1, 0.15) is 5.56 Å². The normalized spacial score (nSPS) is 13.0.